The Morgan fingerprint density at radius 1 is 1.05 bits per heavy atom. The van der Waals surface area contributed by atoms with Crippen LogP contribution in [-0.4, -0.2) is 24.2 Å². The highest BCUT2D eigenvalue weighted by Gasteiger charge is 2.25. The monoisotopic (exact) mass is 275 g/mol. The third-order valence-corrected chi connectivity index (χ3v) is 2.50. The van der Waals surface area contributed by atoms with E-state index >= 15 is 0 Å². The first-order valence-corrected chi connectivity index (χ1v) is 6.53. The maximum atomic E-state index is 11.9. The second-order valence-corrected chi connectivity index (χ2v) is 4.33. The van der Waals surface area contributed by atoms with Gasteiger partial charge in [-0.15, -0.1) is 0 Å². The Hall–Kier alpha value is -1.46. The van der Waals surface area contributed by atoms with E-state index in [1.807, 2.05) is 12.1 Å². The fourth-order valence-electron chi connectivity index (χ4n) is 1.55. The highest BCUT2D eigenvalue weighted by Crippen LogP contribution is 2.22. The van der Waals surface area contributed by atoms with Gasteiger partial charge in [0.2, 0.25) is 0 Å². The minimum absolute atomic E-state index is 0.143. The van der Waals surface area contributed by atoms with Crippen molar-refractivity contribution in [1.29, 1.82) is 0 Å². The van der Waals surface area contributed by atoms with Gasteiger partial charge in [-0.25, -0.2) is 4.98 Å². The molecule has 19 heavy (non-hydrogen) atoms. The van der Waals surface area contributed by atoms with E-state index in [4.69, 9.17) is 0 Å². The van der Waals surface area contributed by atoms with Crippen LogP contribution in [0.1, 0.15) is 32.6 Å². The van der Waals surface area contributed by atoms with E-state index in [0.29, 0.717) is 18.8 Å². The quantitative estimate of drug-likeness (QED) is 0.703. The molecule has 0 fully saturated rings. The average molecular weight is 275 g/mol. The molecule has 6 heteroatoms. The number of halogens is 3. The van der Waals surface area contributed by atoms with Crippen molar-refractivity contribution < 1.29 is 13.2 Å². The first kappa shape index (κ1) is 15.6. The van der Waals surface area contributed by atoms with Gasteiger partial charge in [0.25, 0.3) is 0 Å². The van der Waals surface area contributed by atoms with Gasteiger partial charge in [0.1, 0.15) is 11.6 Å². The number of nitrogens with one attached hydrogen (secondary N) is 2. The number of nitrogens with zero attached hydrogens (tertiary/aromatic N) is 1. The van der Waals surface area contributed by atoms with Crippen LogP contribution in [0.4, 0.5) is 24.8 Å². The lowest BCUT2D eigenvalue weighted by Crippen LogP contribution is -2.09. The van der Waals surface area contributed by atoms with Gasteiger partial charge in [-0.3, -0.25) is 0 Å². The fourth-order valence-corrected chi connectivity index (χ4v) is 1.55. The molecule has 0 aliphatic carbocycles. The number of alkyl halides is 3. The molecular weight excluding hydrogens is 255 g/mol. The summed E-state index contributed by atoms with van der Waals surface area (Å²) in [5, 5.41) is 6.19. The first-order chi connectivity index (χ1) is 9.01. The van der Waals surface area contributed by atoms with Gasteiger partial charge in [-0.05, 0) is 31.4 Å². The number of aromatic nitrogens is 1. The zero-order chi connectivity index (χ0) is 14.1. The Morgan fingerprint density at radius 2 is 1.68 bits per heavy atom. The number of anilines is 2. The largest absolute Gasteiger partial charge is 0.389 e. The van der Waals surface area contributed by atoms with Crippen LogP contribution >= 0.6 is 0 Å². The Balaban J connectivity index is 2.25. The normalized spacial score (nSPS) is 11.4. The summed E-state index contributed by atoms with van der Waals surface area (Å²) in [6.07, 6.45) is -3.14. The zero-order valence-corrected chi connectivity index (χ0v) is 11.1. The molecule has 0 saturated heterocycles. The van der Waals surface area contributed by atoms with E-state index in [2.05, 4.69) is 22.5 Å². The van der Waals surface area contributed by atoms with Crippen LogP contribution in [-0.2, 0) is 0 Å². The Labute approximate surface area is 111 Å². The molecule has 0 spiro atoms. The predicted molar refractivity (Wildman–Crippen MR) is 71.4 cm³/mol. The van der Waals surface area contributed by atoms with Crippen LogP contribution in [0.2, 0.25) is 0 Å². The Morgan fingerprint density at radius 3 is 2.26 bits per heavy atom. The van der Waals surface area contributed by atoms with Gasteiger partial charge in [-0.2, -0.15) is 13.2 Å². The minimum atomic E-state index is -4.05. The molecule has 0 bridgehead atoms. The molecule has 2 N–H and O–H groups in total. The van der Waals surface area contributed by atoms with Crippen LogP contribution in [0.5, 0.6) is 0 Å². The third kappa shape index (κ3) is 7.54. The summed E-state index contributed by atoms with van der Waals surface area (Å²) >= 11 is 0. The molecule has 1 aromatic rings. The van der Waals surface area contributed by atoms with Crippen molar-refractivity contribution in [2.75, 3.05) is 23.7 Å². The van der Waals surface area contributed by atoms with E-state index in [1.54, 1.807) is 6.07 Å². The molecular formula is C13H20F3N3. The predicted octanol–water partition coefficient (Wildman–Crippen LogP) is 4.05. The molecule has 0 unspecified atom stereocenters. The summed E-state index contributed by atoms with van der Waals surface area (Å²) in [5.41, 5.74) is 0. The SMILES string of the molecule is CCCNc1cccc(NCCCCC(F)(F)F)n1. The van der Waals surface area contributed by atoms with Gasteiger partial charge in [0, 0.05) is 19.5 Å². The van der Waals surface area contributed by atoms with Crippen molar-refractivity contribution >= 4 is 11.6 Å². The molecule has 3 nitrogen and oxygen atoms in total. The van der Waals surface area contributed by atoms with Crippen LogP contribution in [0.15, 0.2) is 18.2 Å². The molecule has 1 rings (SSSR count). The van der Waals surface area contributed by atoms with Gasteiger partial charge >= 0.3 is 6.18 Å². The smallest absolute Gasteiger partial charge is 0.370 e. The topological polar surface area (TPSA) is 37.0 Å². The molecule has 0 aromatic carbocycles. The van der Waals surface area contributed by atoms with Crippen molar-refractivity contribution in [2.45, 2.75) is 38.8 Å². The van der Waals surface area contributed by atoms with Gasteiger partial charge in [-0.1, -0.05) is 13.0 Å². The van der Waals surface area contributed by atoms with E-state index in [-0.39, 0.29) is 6.42 Å². The summed E-state index contributed by atoms with van der Waals surface area (Å²) in [4.78, 5) is 4.31. The van der Waals surface area contributed by atoms with Crippen molar-refractivity contribution in [3.8, 4) is 0 Å². The van der Waals surface area contributed by atoms with Gasteiger partial charge in [0.15, 0.2) is 0 Å². The maximum absolute atomic E-state index is 11.9. The lowest BCUT2D eigenvalue weighted by atomic mass is 10.2. The van der Waals surface area contributed by atoms with Crippen molar-refractivity contribution in [2.24, 2.45) is 0 Å². The summed E-state index contributed by atoms with van der Waals surface area (Å²) in [5.74, 6) is 1.47. The van der Waals surface area contributed by atoms with E-state index in [0.717, 1.165) is 18.8 Å². The molecule has 0 saturated carbocycles. The molecule has 108 valence electrons. The lowest BCUT2D eigenvalue weighted by molar-refractivity contribution is -0.135. The summed E-state index contributed by atoms with van der Waals surface area (Å²) in [6.45, 7) is 3.41. The standard InChI is InChI=1S/C13H20F3N3/c1-2-9-17-11-6-5-7-12(19-11)18-10-4-3-8-13(14,15)16/h5-7H,2-4,8-10H2,1H3,(H2,17,18,19). The van der Waals surface area contributed by atoms with Crippen LogP contribution in [0, 0.1) is 0 Å². The first-order valence-electron chi connectivity index (χ1n) is 6.53. The highest BCUT2D eigenvalue weighted by molar-refractivity contribution is 5.44. The minimum Gasteiger partial charge on any atom is -0.370 e. The molecule has 0 aliphatic heterocycles. The van der Waals surface area contributed by atoms with Gasteiger partial charge < -0.3 is 10.6 Å². The second-order valence-electron chi connectivity index (χ2n) is 4.33. The number of hydrogen-bond donors (Lipinski definition) is 2. The summed E-state index contributed by atoms with van der Waals surface area (Å²) < 4.78 is 35.8. The third-order valence-electron chi connectivity index (χ3n) is 2.50. The van der Waals surface area contributed by atoms with E-state index in [9.17, 15) is 13.2 Å². The molecule has 1 heterocycles. The molecule has 0 radical (unpaired) electrons. The Bertz CT molecular complexity index is 366. The van der Waals surface area contributed by atoms with Crippen LogP contribution in [0.3, 0.4) is 0 Å². The van der Waals surface area contributed by atoms with Crippen molar-refractivity contribution in [1.82, 2.24) is 4.98 Å². The molecule has 0 atom stereocenters. The highest BCUT2D eigenvalue weighted by atomic mass is 19.4. The van der Waals surface area contributed by atoms with Crippen LogP contribution in [0.25, 0.3) is 0 Å². The van der Waals surface area contributed by atoms with Crippen molar-refractivity contribution in [3.63, 3.8) is 0 Å². The molecule has 0 amide bonds. The second kappa shape index (κ2) is 7.86. The number of hydrogen-bond acceptors (Lipinski definition) is 3. The average Bonchev–Trinajstić information content (AvgIpc) is 2.35. The van der Waals surface area contributed by atoms with Gasteiger partial charge in [0.05, 0.1) is 0 Å². The lowest BCUT2D eigenvalue weighted by Gasteiger charge is -2.09. The number of unbranched alkanes of at least 4 members (excludes halogenated alkanes) is 1. The summed E-state index contributed by atoms with van der Waals surface area (Å²) in [7, 11) is 0. The van der Waals surface area contributed by atoms with Crippen LogP contribution < -0.4 is 10.6 Å². The number of rotatable bonds is 8. The van der Waals surface area contributed by atoms with E-state index in [1.165, 1.54) is 0 Å². The molecule has 0 aliphatic rings. The summed E-state index contributed by atoms with van der Waals surface area (Å²) in [6, 6.07) is 5.54. The van der Waals surface area contributed by atoms with E-state index < -0.39 is 12.6 Å². The fraction of sp³-hybridized carbons (Fsp3) is 0.615. The maximum Gasteiger partial charge on any atom is 0.389 e. The Kier molecular flexibility index (Phi) is 6.45. The molecule has 1 aromatic heterocycles. The number of pyridine rings is 1. The zero-order valence-electron chi connectivity index (χ0n) is 11.1. The van der Waals surface area contributed by atoms with Crippen molar-refractivity contribution in [3.05, 3.63) is 18.2 Å².